The molecule has 1 aromatic heterocycles. The predicted octanol–water partition coefficient (Wildman–Crippen LogP) is 3.77. The van der Waals surface area contributed by atoms with Crippen molar-refractivity contribution >= 4 is 11.9 Å². The van der Waals surface area contributed by atoms with Crippen molar-refractivity contribution < 1.29 is 60.4 Å². The van der Waals surface area contributed by atoms with Crippen molar-refractivity contribution in [2.24, 2.45) is 11.8 Å². The molecule has 0 saturated carbocycles. The van der Waals surface area contributed by atoms with E-state index in [2.05, 4.69) is 22.0 Å². The van der Waals surface area contributed by atoms with Gasteiger partial charge in [-0.15, -0.1) is 0 Å². The fourth-order valence-corrected chi connectivity index (χ4v) is 4.50. The van der Waals surface area contributed by atoms with Crippen LogP contribution in [0.1, 0.15) is 31.2 Å². The molecule has 0 aromatic carbocycles. The van der Waals surface area contributed by atoms with Gasteiger partial charge >= 0.3 is 24.3 Å². The highest BCUT2D eigenvalue weighted by Crippen LogP contribution is 2.42. The molecule has 1 unspecified atom stereocenters. The molecule has 4 rings (SSSR count). The molecule has 15 heteroatoms. The summed E-state index contributed by atoms with van der Waals surface area (Å²) in [5.41, 5.74) is 1.42. The van der Waals surface area contributed by atoms with Gasteiger partial charge in [0.15, 0.2) is 0 Å². The first-order chi connectivity index (χ1) is 18.2. The molecule has 2 N–H and O–H groups in total. The molecule has 1 spiro atoms. The number of halogens is 6. The number of likely N-dealkylation sites (tertiary alicyclic amines) is 1. The van der Waals surface area contributed by atoms with Gasteiger partial charge in [0, 0.05) is 65.1 Å². The van der Waals surface area contributed by atoms with Crippen molar-refractivity contribution in [1.82, 2.24) is 9.88 Å². The van der Waals surface area contributed by atoms with Crippen molar-refractivity contribution in [3.05, 3.63) is 30.1 Å². The van der Waals surface area contributed by atoms with E-state index in [1.807, 2.05) is 12.4 Å². The second-order valence-electron chi connectivity index (χ2n) is 9.42. The molecular weight excluding hydrogens is 542 g/mol. The maximum Gasteiger partial charge on any atom is 0.490 e. The van der Waals surface area contributed by atoms with Gasteiger partial charge in [-0.05, 0) is 55.2 Å². The van der Waals surface area contributed by atoms with E-state index in [-0.39, 0.29) is 5.60 Å². The van der Waals surface area contributed by atoms with E-state index >= 15 is 0 Å². The Balaban J connectivity index is 0.000000317. The van der Waals surface area contributed by atoms with Crippen LogP contribution < -0.4 is 0 Å². The summed E-state index contributed by atoms with van der Waals surface area (Å²) in [5.74, 6) is -4.17. The number of pyridine rings is 1. The third kappa shape index (κ3) is 11.3. The first-order valence-electron chi connectivity index (χ1n) is 12.2. The van der Waals surface area contributed by atoms with E-state index in [9.17, 15) is 26.3 Å². The van der Waals surface area contributed by atoms with Crippen LogP contribution in [0.25, 0.3) is 0 Å². The zero-order valence-electron chi connectivity index (χ0n) is 21.0. The van der Waals surface area contributed by atoms with Crippen molar-refractivity contribution in [1.29, 1.82) is 0 Å². The summed E-state index contributed by atoms with van der Waals surface area (Å²) in [6, 6.07) is 4.20. The number of alkyl halides is 6. The van der Waals surface area contributed by atoms with Gasteiger partial charge < -0.3 is 24.4 Å². The molecule has 4 heterocycles. The Morgan fingerprint density at radius 1 is 0.974 bits per heavy atom. The number of aliphatic carboxylic acids is 2. The van der Waals surface area contributed by atoms with E-state index in [0.29, 0.717) is 11.8 Å². The molecule has 0 radical (unpaired) electrons. The van der Waals surface area contributed by atoms with E-state index in [4.69, 9.17) is 34.0 Å². The van der Waals surface area contributed by atoms with Gasteiger partial charge in [0.1, 0.15) is 0 Å². The van der Waals surface area contributed by atoms with Crippen molar-refractivity contribution in [3.8, 4) is 0 Å². The van der Waals surface area contributed by atoms with Gasteiger partial charge in [-0.1, -0.05) is 0 Å². The summed E-state index contributed by atoms with van der Waals surface area (Å²) in [6.45, 7) is 7.60. The van der Waals surface area contributed by atoms with Crippen LogP contribution in [-0.4, -0.2) is 96.1 Å². The smallest absolute Gasteiger partial charge is 0.475 e. The van der Waals surface area contributed by atoms with Gasteiger partial charge in [0.2, 0.25) is 0 Å². The minimum atomic E-state index is -5.08. The van der Waals surface area contributed by atoms with E-state index in [1.54, 1.807) is 0 Å². The quantitative estimate of drug-likeness (QED) is 0.371. The highest BCUT2D eigenvalue weighted by molar-refractivity contribution is 5.73. The minimum absolute atomic E-state index is 0.0923. The molecule has 9 nitrogen and oxygen atoms in total. The monoisotopic (exact) mass is 574 g/mol. The lowest BCUT2D eigenvalue weighted by atomic mass is 9.79. The van der Waals surface area contributed by atoms with Crippen molar-refractivity contribution in [2.45, 2.75) is 50.2 Å². The first-order valence-corrected chi connectivity index (χ1v) is 12.2. The van der Waals surface area contributed by atoms with E-state index < -0.39 is 24.3 Å². The predicted molar refractivity (Wildman–Crippen MR) is 123 cm³/mol. The number of nitrogens with zero attached hydrogens (tertiary/aromatic N) is 2. The van der Waals surface area contributed by atoms with Gasteiger partial charge in [0.25, 0.3) is 0 Å². The maximum absolute atomic E-state index is 10.6. The Labute approximate surface area is 221 Å². The Kier molecular flexibility index (Phi) is 12.4. The van der Waals surface area contributed by atoms with Crippen molar-refractivity contribution in [3.63, 3.8) is 0 Å². The zero-order chi connectivity index (χ0) is 29.1. The number of carboxylic acids is 2. The lowest BCUT2D eigenvalue weighted by Gasteiger charge is -2.50. The molecule has 222 valence electrons. The van der Waals surface area contributed by atoms with Crippen LogP contribution in [0, 0.1) is 11.8 Å². The number of ether oxygens (including phenoxy) is 3. The number of rotatable bonds is 7. The molecule has 3 aliphatic heterocycles. The highest BCUT2D eigenvalue weighted by atomic mass is 19.4. The van der Waals surface area contributed by atoms with Crippen molar-refractivity contribution in [2.75, 3.05) is 46.1 Å². The largest absolute Gasteiger partial charge is 0.490 e. The topological polar surface area (TPSA) is 118 Å². The average Bonchev–Trinajstić information content (AvgIpc) is 3.26. The molecule has 0 amide bonds. The van der Waals surface area contributed by atoms with Crippen LogP contribution in [0.3, 0.4) is 0 Å². The normalized spacial score (nSPS) is 21.2. The summed E-state index contributed by atoms with van der Waals surface area (Å²) < 4.78 is 81.0. The molecular formula is C24H32F6N2O7. The standard InChI is InChI=1S/C20H30N2O3.2C2HF3O2/c1-7-21-8-2-17(1)13-22-15-20(16-22)19(6-12-25-20)5-11-24-14-18-3-9-23-10-4-18;2*3-2(4,5)1(6)7/h1-2,7-8,18-19H,3-6,9-16H2;2*(H,6,7). The number of aromatic nitrogens is 1. The zero-order valence-corrected chi connectivity index (χ0v) is 21.0. The molecule has 0 bridgehead atoms. The van der Waals surface area contributed by atoms with E-state index in [0.717, 1.165) is 71.9 Å². The molecule has 3 fully saturated rings. The lowest BCUT2D eigenvalue weighted by Crippen LogP contribution is -2.64. The second kappa shape index (κ2) is 14.8. The number of hydrogen-bond acceptors (Lipinski definition) is 7. The summed E-state index contributed by atoms with van der Waals surface area (Å²) in [7, 11) is 0. The maximum atomic E-state index is 10.6. The number of carbonyl (C=O) groups is 2. The average molecular weight is 575 g/mol. The Morgan fingerprint density at radius 2 is 1.51 bits per heavy atom. The number of hydrogen-bond donors (Lipinski definition) is 2. The van der Waals surface area contributed by atoms with Gasteiger partial charge in [-0.25, -0.2) is 9.59 Å². The molecule has 1 aromatic rings. The number of carboxylic acid groups (broad SMARTS) is 2. The summed E-state index contributed by atoms with van der Waals surface area (Å²) in [5, 5.41) is 14.2. The third-order valence-electron chi connectivity index (χ3n) is 6.53. The summed E-state index contributed by atoms with van der Waals surface area (Å²) in [6.07, 6.45) is -1.80. The van der Waals surface area contributed by atoms with Crippen LogP contribution in [-0.2, 0) is 30.3 Å². The van der Waals surface area contributed by atoms with Crippen LogP contribution >= 0.6 is 0 Å². The molecule has 39 heavy (non-hydrogen) atoms. The SMILES string of the molecule is O=C(O)C(F)(F)F.O=C(O)C(F)(F)F.c1cc(CN2CC3(C2)OCCC3CCOCC2CCOCC2)ccn1. The minimum Gasteiger partial charge on any atom is -0.475 e. The summed E-state index contributed by atoms with van der Waals surface area (Å²) in [4.78, 5) is 24.4. The van der Waals surface area contributed by atoms with Crippen LogP contribution in [0.2, 0.25) is 0 Å². The Hall–Kier alpha value is -2.49. The third-order valence-corrected chi connectivity index (χ3v) is 6.53. The molecule has 0 aliphatic carbocycles. The fourth-order valence-electron chi connectivity index (χ4n) is 4.50. The van der Waals surface area contributed by atoms with Gasteiger partial charge in [-0.3, -0.25) is 9.88 Å². The highest BCUT2D eigenvalue weighted by Gasteiger charge is 2.52. The first kappa shape index (κ1) is 32.7. The van der Waals surface area contributed by atoms with Crippen LogP contribution in [0.5, 0.6) is 0 Å². The van der Waals surface area contributed by atoms with Gasteiger partial charge in [-0.2, -0.15) is 26.3 Å². The van der Waals surface area contributed by atoms with Crippen LogP contribution in [0.15, 0.2) is 24.5 Å². The molecule has 1 atom stereocenters. The lowest BCUT2D eigenvalue weighted by molar-refractivity contribution is -0.193. The molecule has 3 aliphatic rings. The summed E-state index contributed by atoms with van der Waals surface area (Å²) >= 11 is 0. The Morgan fingerprint density at radius 3 is 2.03 bits per heavy atom. The Bertz CT molecular complexity index is 865. The van der Waals surface area contributed by atoms with Crippen LogP contribution in [0.4, 0.5) is 26.3 Å². The second-order valence-corrected chi connectivity index (χ2v) is 9.42. The van der Waals surface area contributed by atoms with Gasteiger partial charge in [0.05, 0.1) is 5.60 Å². The fraction of sp³-hybridized carbons (Fsp3) is 0.708. The molecule has 3 saturated heterocycles. The van der Waals surface area contributed by atoms with E-state index in [1.165, 1.54) is 12.0 Å².